The van der Waals surface area contributed by atoms with Crippen molar-refractivity contribution in [2.45, 2.75) is 63.8 Å². The van der Waals surface area contributed by atoms with Crippen LogP contribution >= 0.6 is 0 Å². The number of likely N-dealkylation sites (N-methyl/N-ethyl adjacent to an activating group) is 1. The van der Waals surface area contributed by atoms with Crippen molar-refractivity contribution in [2.24, 2.45) is 5.92 Å². The second-order valence-electron chi connectivity index (χ2n) is 6.54. The van der Waals surface area contributed by atoms with E-state index in [1.807, 2.05) is 0 Å². The van der Waals surface area contributed by atoms with Gasteiger partial charge in [0.15, 0.2) is 0 Å². The molecule has 0 aromatic heterocycles. The summed E-state index contributed by atoms with van der Waals surface area (Å²) in [6, 6.07) is 11.8. The molecule has 106 valence electrons. The Morgan fingerprint density at radius 2 is 1.79 bits per heavy atom. The number of hydrogen-bond donors (Lipinski definition) is 1. The lowest BCUT2D eigenvalue weighted by molar-refractivity contribution is 0.164. The zero-order valence-electron chi connectivity index (χ0n) is 12.8. The minimum atomic E-state index is 0.410. The molecular weight excluding hydrogens is 230 g/mol. The van der Waals surface area contributed by atoms with Gasteiger partial charge >= 0.3 is 0 Å². The van der Waals surface area contributed by atoms with Gasteiger partial charge < -0.3 is 5.32 Å². The summed E-state index contributed by atoms with van der Waals surface area (Å²) < 4.78 is 0. The van der Waals surface area contributed by atoms with Crippen molar-refractivity contribution in [1.82, 2.24) is 5.32 Å². The Hall–Kier alpha value is -0.820. The van der Waals surface area contributed by atoms with Gasteiger partial charge in [0.05, 0.1) is 0 Å². The smallest absolute Gasteiger partial charge is 0.0161 e. The number of benzene rings is 1. The Balaban J connectivity index is 2.06. The van der Waals surface area contributed by atoms with E-state index in [9.17, 15) is 0 Å². The van der Waals surface area contributed by atoms with E-state index in [0.717, 1.165) is 5.92 Å². The van der Waals surface area contributed by atoms with E-state index in [1.54, 1.807) is 5.56 Å². The van der Waals surface area contributed by atoms with Crippen LogP contribution in [0.2, 0.25) is 0 Å². The molecule has 0 bridgehead atoms. The minimum Gasteiger partial charge on any atom is -0.316 e. The van der Waals surface area contributed by atoms with Crippen LogP contribution in [0.1, 0.15) is 57.9 Å². The first kappa shape index (κ1) is 14.6. The van der Waals surface area contributed by atoms with E-state index in [0.29, 0.717) is 11.5 Å². The van der Waals surface area contributed by atoms with E-state index in [-0.39, 0.29) is 0 Å². The lowest BCUT2D eigenvalue weighted by Gasteiger charge is -2.48. The van der Waals surface area contributed by atoms with Crippen LogP contribution < -0.4 is 5.32 Å². The van der Waals surface area contributed by atoms with Gasteiger partial charge in [0.1, 0.15) is 0 Å². The van der Waals surface area contributed by atoms with Crippen molar-refractivity contribution in [2.75, 3.05) is 7.05 Å². The Morgan fingerprint density at radius 1 is 1.11 bits per heavy atom. The van der Waals surface area contributed by atoms with Crippen molar-refractivity contribution in [3.8, 4) is 0 Å². The molecule has 1 aromatic rings. The Bertz CT molecular complexity index is 365. The monoisotopic (exact) mass is 259 g/mol. The van der Waals surface area contributed by atoms with Crippen molar-refractivity contribution >= 4 is 0 Å². The second kappa shape index (κ2) is 6.56. The van der Waals surface area contributed by atoms with Crippen LogP contribution in [0.3, 0.4) is 0 Å². The normalized spacial score (nSPS) is 19.2. The van der Waals surface area contributed by atoms with Crippen LogP contribution in [0, 0.1) is 5.92 Å². The van der Waals surface area contributed by atoms with Crippen LogP contribution in [0.4, 0.5) is 0 Å². The Morgan fingerprint density at radius 3 is 2.26 bits per heavy atom. The standard InChI is InChI=1S/C18H29N/c1-15(2)9-7-12-17(19-3)18(13-8-14-18)16-10-5-4-6-11-16/h4-6,10-11,15,17,19H,7-9,12-14H2,1-3H3. The molecule has 0 saturated heterocycles. The van der Waals surface area contributed by atoms with E-state index in [2.05, 4.69) is 56.5 Å². The zero-order chi connectivity index (χ0) is 13.7. The van der Waals surface area contributed by atoms with E-state index in [4.69, 9.17) is 0 Å². The molecule has 19 heavy (non-hydrogen) atoms. The number of nitrogens with one attached hydrogen (secondary N) is 1. The number of rotatable bonds is 7. The van der Waals surface area contributed by atoms with Gasteiger partial charge in [-0.25, -0.2) is 0 Å². The van der Waals surface area contributed by atoms with Crippen molar-refractivity contribution in [3.05, 3.63) is 35.9 Å². The van der Waals surface area contributed by atoms with Crippen LogP contribution in [0.15, 0.2) is 30.3 Å². The van der Waals surface area contributed by atoms with Gasteiger partial charge in [0.25, 0.3) is 0 Å². The molecule has 1 saturated carbocycles. The van der Waals surface area contributed by atoms with Gasteiger partial charge in [-0.15, -0.1) is 0 Å². The molecule has 2 rings (SSSR count). The molecule has 1 aromatic carbocycles. The highest BCUT2D eigenvalue weighted by molar-refractivity contribution is 5.30. The van der Waals surface area contributed by atoms with Gasteiger partial charge in [-0.1, -0.05) is 63.4 Å². The minimum absolute atomic E-state index is 0.410. The lowest BCUT2D eigenvalue weighted by Crippen LogP contribution is -2.51. The first-order valence-electron chi connectivity index (χ1n) is 7.92. The topological polar surface area (TPSA) is 12.0 Å². The predicted octanol–water partition coefficient (Wildman–Crippen LogP) is 4.52. The molecule has 1 fully saturated rings. The summed E-state index contributed by atoms with van der Waals surface area (Å²) in [6.45, 7) is 4.65. The summed E-state index contributed by atoms with van der Waals surface area (Å²) in [5.74, 6) is 0.826. The largest absolute Gasteiger partial charge is 0.316 e. The molecule has 0 heterocycles. The summed E-state index contributed by atoms with van der Waals surface area (Å²) in [4.78, 5) is 0. The third-order valence-corrected chi connectivity index (χ3v) is 4.88. The fourth-order valence-electron chi connectivity index (χ4n) is 3.59. The highest BCUT2D eigenvalue weighted by atomic mass is 14.9. The molecule has 1 N–H and O–H groups in total. The van der Waals surface area contributed by atoms with Crippen LogP contribution in [0.5, 0.6) is 0 Å². The van der Waals surface area contributed by atoms with Gasteiger partial charge in [-0.05, 0) is 37.8 Å². The highest BCUT2D eigenvalue weighted by Crippen LogP contribution is 2.47. The Kier molecular flexibility index (Phi) is 5.04. The average Bonchev–Trinajstić information content (AvgIpc) is 2.36. The summed E-state index contributed by atoms with van der Waals surface area (Å²) in [5, 5.41) is 3.62. The Labute approximate surface area is 118 Å². The van der Waals surface area contributed by atoms with E-state index >= 15 is 0 Å². The SMILES string of the molecule is CNC(CCCC(C)C)C1(c2ccccc2)CCC1. The first-order chi connectivity index (χ1) is 9.19. The molecule has 0 radical (unpaired) electrons. The average molecular weight is 259 g/mol. The quantitative estimate of drug-likeness (QED) is 0.759. The van der Waals surface area contributed by atoms with Gasteiger partial charge in [-0.3, -0.25) is 0 Å². The van der Waals surface area contributed by atoms with Crippen molar-refractivity contribution < 1.29 is 0 Å². The molecule has 0 aliphatic heterocycles. The third-order valence-electron chi connectivity index (χ3n) is 4.88. The van der Waals surface area contributed by atoms with Crippen LogP contribution in [-0.4, -0.2) is 13.1 Å². The molecule has 1 aliphatic carbocycles. The maximum absolute atomic E-state index is 3.62. The second-order valence-corrected chi connectivity index (χ2v) is 6.54. The molecule has 0 amide bonds. The van der Waals surface area contributed by atoms with Gasteiger partial charge in [-0.2, -0.15) is 0 Å². The molecule has 0 spiro atoms. The van der Waals surface area contributed by atoms with Gasteiger partial charge in [0, 0.05) is 11.5 Å². The molecule has 1 aliphatic rings. The third kappa shape index (κ3) is 3.20. The van der Waals surface area contributed by atoms with Crippen LogP contribution in [0.25, 0.3) is 0 Å². The number of hydrogen-bond acceptors (Lipinski definition) is 1. The maximum Gasteiger partial charge on any atom is 0.0161 e. The van der Waals surface area contributed by atoms with Crippen molar-refractivity contribution in [1.29, 1.82) is 0 Å². The molecule has 1 heteroatoms. The summed E-state index contributed by atoms with van der Waals surface area (Å²) >= 11 is 0. The predicted molar refractivity (Wildman–Crippen MR) is 83.5 cm³/mol. The van der Waals surface area contributed by atoms with E-state index < -0.39 is 0 Å². The summed E-state index contributed by atoms with van der Waals surface area (Å²) in [5.41, 5.74) is 1.96. The van der Waals surface area contributed by atoms with Crippen LogP contribution in [-0.2, 0) is 5.41 Å². The summed E-state index contributed by atoms with van der Waals surface area (Å²) in [6.07, 6.45) is 8.09. The first-order valence-corrected chi connectivity index (χ1v) is 7.92. The highest BCUT2D eigenvalue weighted by Gasteiger charge is 2.44. The summed E-state index contributed by atoms with van der Waals surface area (Å²) in [7, 11) is 2.14. The molecule has 1 nitrogen and oxygen atoms in total. The molecule has 1 unspecified atom stereocenters. The lowest BCUT2D eigenvalue weighted by atomic mass is 9.59. The fourth-order valence-corrected chi connectivity index (χ4v) is 3.59. The van der Waals surface area contributed by atoms with Gasteiger partial charge in [0.2, 0.25) is 0 Å². The van der Waals surface area contributed by atoms with Crippen molar-refractivity contribution in [3.63, 3.8) is 0 Å². The fraction of sp³-hybridized carbons (Fsp3) is 0.667. The zero-order valence-corrected chi connectivity index (χ0v) is 12.8. The molecular formula is C18H29N. The molecule has 1 atom stereocenters. The maximum atomic E-state index is 3.62. The van der Waals surface area contributed by atoms with E-state index in [1.165, 1.54) is 38.5 Å².